The summed E-state index contributed by atoms with van der Waals surface area (Å²) in [6.45, 7) is 1.80. The highest BCUT2D eigenvalue weighted by atomic mass is 35.5. The van der Waals surface area contributed by atoms with Crippen LogP contribution in [0.5, 0.6) is 0 Å². The van der Waals surface area contributed by atoms with Crippen LogP contribution in [0.15, 0.2) is 10.6 Å². The molecule has 0 spiro atoms. The Labute approximate surface area is 77.4 Å². The highest BCUT2D eigenvalue weighted by Gasteiger charge is 1.94. The van der Waals surface area contributed by atoms with Gasteiger partial charge in [-0.05, 0) is 19.5 Å². The zero-order chi connectivity index (χ0) is 8.69. The van der Waals surface area contributed by atoms with Gasteiger partial charge in [-0.2, -0.15) is 0 Å². The Balaban J connectivity index is 3.36. The lowest BCUT2D eigenvalue weighted by atomic mass is 10.4. The van der Waals surface area contributed by atoms with Crippen molar-refractivity contribution in [3.8, 4) is 0 Å². The van der Waals surface area contributed by atoms with Crippen LogP contribution >= 0.6 is 23.2 Å². The van der Waals surface area contributed by atoms with Crippen molar-refractivity contribution < 1.29 is 5.11 Å². The second kappa shape index (κ2) is 6.92. The lowest BCUT2D eigenvalue weighted by Crippen LogP contribution is -2.20. The molecule has 0 aromatic heterocycles. The van der Waals surface area contributed by atoms with Crippen LogP contribution in [0.3, 0.4) is 0 Å². The first-order chi connectivity index (χ1) is 5.16. The Morgan fingerprint density at radius 1 is 1.55 bits per heavy atom. The average molecular weight is 198 g/mol. The second-order valence-electron chi connectivity index (χ2n) is 2.33. The Hall–Kier alpha value is 0.240. The fraction of sp³-hybridized carbons (Fsp3) is 0.714. The lowest BCUT2D eigenvalue weighted by Gasteiger charge is -2.12. The quantitative estimate of drug-likeness (QED) is 0.725. The molecule has 0 heterocycles. The first-order valence-corrected chi connectivity index (χ1v) is 4.23. The number of aliphatic hydroxyl groups is 1. The molecule has 11 heavy (non-hydrogen) atoms. The summed E-state index contributed by atoms with van der Waals surface area (Å²) in [6, 6.07) is 0. The normalized spacial score (nSPS) is 10.3. The van der Waals surface area contributed by atoms with Crippen molar-refractivity contribution in [3.05, 3.63) is 10.6 Å². The molecule has 0 saturated heterocycles. The molecule has 0 radical (unpaired) electrons. The van der Waals surface area contributed by atoms with Crippen molar-refractivity contribution in [3.63, 3.8) is 0 Å². The van der Waals surface area contributed by atoms with E-state index < -0.39 is 0 Å². The molecule has 0 saturated carbocycles. The predicted molar refractivity (Wildman–Crippen MR) is 49.0 cm³/mol. The van der Waals surface area contributed by atoms with Crippen molar-refractivity contribution in [2.75, 3.05) is 26.7 Å². The number of rotatable bonds is 5. The molecule has 0 unspecified atom stereocenters. The molecule has 0 atom stereocenters. The van der Waals surface area contributed by atoms with E-state index in [2.05, 4.69) is 0 Å². The van der Waals surface area contributed by atoms with Gasteiger partial charge >= 0.3 is 0 Å². The first-order valence-electron chi connectivity index (χ1n) is 3.47. The number of halogens is 2. The maximum Gasteiger partial charge on any atom is 0.104 e. The summed E-state index contributed by atoms with van der Waals surface area (Å²) in [5.74, 6) is 0. The molecule has 0 aliphatic carbocycles. The van der Waals surface area contributed by atoms with E-state index in [1.807, 2.05) is 11.9 Å². The van der Waals surface area contributed by atoms with Crippen LogP contribution in [0.25, 0.3) is 0 Å². The Bertz CT molecular complexity index is 124. The summed E-state index contributed by atoms with van der Waals surface area (Å²) in [5.41, 5.74) is 0. The molecule has 0 rings (SSSR count). The van der Waals surface area contributed by atoms with Gasteiger partial charge in [0.05, 0.1) is 0 Å². The molecule has 1 N–H and O–H groups in total. The molecule has 0 amide bonds. The van der Waals surface area contributed by atoms with Gasteiger partial charge in [0, 0.05) is 19.7 Å². The standard InChI is InChI=1S/C7H13Cl2NO/c1-10(4-2-6-11)5-3-7(8)9/h3,11H,2,4-6H2,1H3. The average Bonchev–Trinajstić information content (AvgIpc) is 1.97. The summed E-state index contributed by atoms with van der Waals surface area (Å²) in [5, 5.41) is 8.50. The zero-order valence-corrected chi connectivity index (χ0v) is 8.07. The third-order valence-electron chi connectivity index (χ3n) is 1.26. The second-order valence-corrected chi connectivity index (χ2v) is 3.34. The highest BCUT2D eigenvalue weighted by molar-refractivity contribution is 6.55. The van der Waals surface area contributed by atoms with Gasteiger partial charge in [-0.25, -0.2) is 0 Å². The minimum atomic E-state index is 0.225. The number of hydrogen-bond donors (Lipinski definition) is 1. The van der Waals surface area contributed by atoms with Gasteiger partial charge in [0.2, 0.25) is 0 Å². The smallest absolute Gasteiger partial charge is 0.104 e. The van der Waals surface area contributed by atoms with E-state index in [1.54, 1.807) is 6.08 Å². The SMILES string of the molecule is CN(CC=C(Cl)Cl)CCCO. The Morgan fingerprint density at radius 2 is 2.18 bits per heavy atom. The van der Waals surface area contributed by atoms with Crippen LogP contribution < -0.4 is 0 Å². The zero-order valence-electron chi connectivity index (χ0n) is 6.56. The molecule has 0 aromatic carbocycles. The van der Waals surface area contributed by atoms with Crippen LogP contribution in [0.2, 0.25) is 0 Å². The van der Waals surface area contributed by atoms with Gasteiger partial charge < -0.3 is 10.0 Å². The monoisotopic (exact) mass is 197 g/mol. The summed E-state index contributed by atoms with van der Waals surface area (Å²) in [6.07, 6.45) is 2.50. The largest absolute Gasteiger partial charge is 0.396 e. The fourth-order valence-corrected chi connectivity index (χ4v) is 0.795. The van der Waals surface area contributed by atoms with Crippen molar-refractivity contribution in [1.82, 2.24) is 4.90 Å². The molecule has 0 bridgehead atoms. The molecular weight excluding hydrogens is 185 g/mol. The van der Waals surface area contributed by atoms with Gasteiger partial charge in [0.15, 0.2) is 0 Å². The van der Waals surface area contributed by atoms with E-state index in [0.717, 1.165) is 19.5 Å². The lowest BCUT2D eigenvalue weighted by molar-refractivity contribution is 0.256. The third kappa shape index (κ3) is 8.14. The number of hydrogen-bond acceptors (Lipinski definition) is 2. The summed E-state index contributed by atoms with van der Waals surface area (Å²) >= 11 is 10.8. The van der Waals surface area contributed by atoms with Gasteiger partial charge in [-0.15, -0.1) is 0 Å². The van der Waals surface area contributed by atoms with E-state index in [4.69, 9.17) is 28.3 Å². The molecule has 0 aromatic rings. The maximum absolute atomic E-state index is 8.50. The maximum atomic E-state index is 8.50. The fourth-order valence-electron chi connectivity index (χ4n) is 0.657. The third-order valence-corrected chi connectivity index (χ3v) is 1.56. The number of likely N-dealkylation sites (N-methyl/N-ethyl adjacent to an activating group) is 1. The van der Waals surface area contributed by atoms with Gasteiger partial charge in [0.1, 0.15) is 4.49 Å². The Morgan fingerprint density at radius 3 is 2.64 bits per heavy atom. The Kier molecular flexibility index (Phi) is 7.07. The summed E-state index contributed by atoms with van der Waals surface area (Å²) < 4.78 is 0.292. The molecule has 0 aliphatic heterocycles. The van der Waals surface area contributed by atoms with E-state index in [9.17, 15) is 0 Å². The van der Waals surface area contributed by atoms with E-state index in [1.165, 1.54) is 0 Å². The van der Waals surface area contributed by atoms with Crippen LogP contribution in [0, 0.1) is 0 Å². The molecule has 0 aliphatic rings. The highest BCUT2D eigenvalue weighted by Crippen LogP contribution is 2.05. The van der Waals surface area contributed by atoms with Crippen molar-refractivity contribution in [2.24, 2.45) is 0 Å². The van der Waals surface area contributed by atoms with Gasteiger partial charge in [0.25, 0.3) is 0 Å². The van der Waals surface area contributed by atoms with Gasteiger partial charge in [-0.3, -0.25) is 0 Å². The molecule has 66 valence electrons. The van der Waals surface area contributed by atoms with E-state index in [0.29, 0.717) is 4.49 Å². The summed E-state index contributed by atoms with van der Waals surface area (Å²) in [4.78, 5) is 2.03. The van der Waals surface area contributed by atoms with Crippen molar-refractivity contribution in [1.29, 1.82) is 0 Å². The topological polar surface area (TPSA) is 23.5 Å². The van der Waals surface area contributed by atoms with Crippen LogP contribution in [-0.4, -0.2) is 36.8 Å². The summed E-state index contributed by atoms with van der Waals surface area (Å²) in [7, 11) is 1.95. The van der Waals surface area contributed by atoms with Crippen LogP contribution in [-0.2, 0) is 0 Å². The number of nitrogens with zero attached hydrogens (tertiary/aromatic N) is 1. The molecule has 0 fully saturated rings. The van der Waals surface area contributed by atoms with Crippen molar-refractivity contribution in [2.45, 2.75) is 6.42 Å². The molecule has 4 heteroatoms. The van der Waals surface area contributed by atoms with E-state index >= 15 is 0 Å². The predicted octanol–water partition coefficient (Wildman–Crippen LogP) is 1.62. The van der Waals surface area contributed by atoms with Crippen molar-refractivity contribution >= 4 is 23.2 Å². The minimum absolute atomic E-state index is 0.225. The van der Waals surface area contributed by atoms with E-state index in [-0.39, 0.29) is 6.61 Å². The van der Waals surface area contributed by atoms with Gasteiger partial charge in [-0.1, -0.05) is 23.2 Å². The first kappa shape index (κ1) is 11.2. The van der Waals surface area contributed by atoms with Crippen LogP contribution in [0.1, 0.15) is 6.42 Å². The molecule has 2 nitrogen and oxygen atoms in total. The van der Waals surface area contributed by atoms with Crippen LogP contribution in [0.4, 0.5) is 0 Å². The minimum Gasteiger partial charge on any atom is -0.396 e. The number of aliphatic hydroxyl groups excluding tert-OH is 1. The molecular formula is C7H13Cl2NO.